The molecule has 4 aromatic carbocycles. The average molecular weight is 408 g/mol. The van der Waals surface area contributed by atoms with Gasteiger partial charge in [0, 0.05) is 28.8 Å². The molecule has 1 fully saturated rings. The van der Waals surface area contributed by atoms with Gasteiger partial charge in [0.25, 0.3) is 0 Å². The van der Waals surface area contributed by atoms with Crippen LogP contribution in [0.3, 0.4) is 0 Å². The van der Waals surface area contributed by atoms with E-state index >= 15 is 0 Å². The Balaban J connectivity index is 1.31. The molecule has 0 aliphatic carbocycles. The molecule has 1 aromatic heterocycles. The number of ether oxygens (including phenoxy) is 1. The van der Waals surface area contributed by atoms with E-state index in [1.807, 2.05) is 6.07 Å². The smallest absolute Gasteiger partial charge is 0.138 e. The molecule has 5 aromatic rings. The van der Waals surface area contributed by atoms with Crippen LogP contribution in [0.4, 0.5) is 0 Å². The normalized spacial score (nSPS) is 19.4. The summed E-state index contributed by atoms with van der Waals surface area (Å²) in [6, 6.07) is 29.9. The molecule has 1 N–H and O–H groups in total. The Labute approximate surface area is 181 Å². The van der Waals surface area contributed by atoms with Crippen LogP contribution >= 0.6 is 0 Å². The molecule has 2 heterocycles. The van der Waals surface area contributed by atoms with E-state index in [4.69, 9.17) is 9.15 Å². The van der Waals surface area contributed by atoms with E-state index in [2.05, 4.69) is 84.2 Å². The maximum absolute atomic E-state index is 6.50. The highest BCUT2D eigenvalue weighted by Crippen LogP contribution is 2.37. The number of hydrogen-bond acceptors (Lipinski definition) is 3. The van der Waals surface area contributed by atoms with Gasteiger partial charge in [-0.3, -0.25) is 0 Å². The van der Waals surface area contributed by atoms with E-state index in [-0.39, 0.29) is 6.10 Å². The average Bonchev–Trinajstić information content (AvgIpc) is 3.22. The standard InChI is InChI=1S/C28H25NO2/c1-2-7-21-16-19(12-13-20(21)6-1)18-30-27-17-29-15-14-23(27)25-10-5-9-24-22-8-3-4-11-26(22)31-28(24)25/h1-13,16,23,27,29H,14-15,17-18H2. The molecule has 0 bridgehead atoms. The molecular weight excluding hydrogens is 382 g/mol. The fourth-order valence-corrected chi connectivity index (χ4v) is 4.95. The van der Waals surface area contributed by atoms with E-state index < -0.39 is 0 Å². The first-order valence-corrected chi connectivity index (χ1v) is 11.1. The number of para-hydroxylation sites is 2. The van der Waals surface area contributed by atoms with Gasteiger partial charge in [-0.05, 0) is 41.4 Å². The first-order chi connectivity index (χ1) is 15.4. The predicted molar refractivity (Wildman–Crippen MR) is 126 cm³/mol. The zero-order chi connectivity index (χ0) is 20.6. The van der Waals surface area contributed by atoms with Gasteiger partial charge in [0.15, 0.2) is 0 Å². The maximum Gasteiger partial charge on any atom is 0.138 e. The van der Waals surface area contributed by atoms with Gasteiger partial charge in [0.1, 0.15) is 11.2 Å². The molecule has 6 rings (SSSR count). The largest absolute Gasteiger partial charge is 0.456 e. The fourth-order valence-electron chi connectivity index (χ4n) is 4.95. The Bertz CT molecular complexity index is 1370. The number of hydrogen-bond donors (Lipinski definition) is 1. The van der Waals surface area contributed by atoms with Crippen LogP contribution in [0.2, 0.25) is 0 Å². The Morgan fingerprint density at radius 3 is 2.65 bits per heavy atom. The summed E-state index contributed by atoms with van der Waals surface area (Å²) in [5.41, 5.74) is 4.44. The van der Waals surface area contributed by atoms with Gasteiger partial charge >= 0.3 is 0 Å². The van der Waals surface area contributed by atoms with Crippen molar-refractivity contribution in [1.82, 2.24) is 5.32 Å². The lowest BCUT2D eigenvalue weighted by Crippen LogP contribution is -2.41. The highest BCUT2D eigenvalue weighted by molar-refractivity contribution is 6.05. The Kier molecular flexibility index (Phi) is 4.71. The summed E-state index contributed by atoms with van der Waals surface area (Å²) >= 11 is 0. The second kappa shape index (κ2) is 7.84. The Morgan fingerprint density at radius 1 is 0.839 bits per heavy atom. The minimum absolute atomic E-state index is 0.110. The van der Waals surface area contributed by atoms with Crippen molar-refractivity contribution in [3.63, 3.8) is 0 Å². The molecule has 31 heavy (non-hydrogen) atoms. The second-order valence-electron chi connectivity index (χ2n) is 8.45. The van der Waals surface area contributed by atoms with Crippen molar-refractivity contribution in [2.24, 2.45) is 0 Å². The van der Waals surface area contributed by atoms with Gasteiger partial charge in [0.2, 0.25) is 0 Å². The van der Waals surface area contributed by atoms with E-state index in [9.17, 15) is 0 Å². The van der Waals surface area contributed by atoms with Gasteiger partial charge in [-0.25, -0.2) is 0 Å². The van der Waals surface area contributed by atoms with Gasteiger partial charge in [0.05, 0.1) is 12.7 Å². The molecule has 3 heteroatoms. The van der Waals surface area contributed by atoms with Crippen molar-refractivity contribution in [2.45, 2.75) is 25.0 Å². The number of nitrogens with one attached hydrogen (secondary N) is 1. The number of furan rings is 1. The van der Waals surface area contributed by atoms with Crippen molar-refractivity contribution in [1.29, 1.82) is 0 Å². The molecule has 1 aliphatic heterocycles. The molecule has 2 atom stereocenters. The number of fused-ring (bicyclic) bond motifs is 4. The third-order valence-corrected chi connectivity index (χ3v) is 6.54. The van der Waals surface area contributed by atoms with Gasteiger partial charge < -0.3 is 14.5 Å². The fraction of sp³-hybridized carbons (Fsp3) is 0.214. The SMILES string of the molecule is c1ccc2cc(COC3CNCCC3c3cccc4c3oc3ccccc34)ccc2c1. The Morgan fingerprint density at radius 2 is 1.68 bits per heavy atom. The summed E-state index contributed by atoms with van der Waals surface area (Å²) in [4.78, 5) is 0. The van der Waals surface area contributed by atoms with Crippen molar-refractivity contribution in [3.05, 3.63) is 96.1 Å². The quantitative estimate of drug-likeness (QED) is 0.374. The molecule has 0 radical (unpaired) electrons. The van der Waals surface area contributed by atoms with Crippen molar-refractivity contribution >= 4 is 32.7 Å². The van der Waals surface area contributed by atoms with Gasteiger partial charge in [-0.1, -0.05) is 72.8 Å². The lowest BCUT2D eigenvalue weighted by Gasteiger charge is -2.32. The van der Waals surface area contributed by atoms with E-state index in [1.54, 1.807) is 0 Å². The van der Waals surface area contributed by atoms with Crippen LogP contribution in [-0.2, 0) is 11.3 Å². The van der Waals surface area contributed by atoms with E-state index in [1.165, 1.54) is 32.7 Å². The summed E-state index contributed by atoms with van der Waals surface area (Å²) in [5.74, 6) is 0.311. The highest BCUT2D eigenvalue weighted by atomic mass is 16.5. The van der Waals surface area contributed by atoms with Crippen LogP contribution in [-0.4, -0.2) is 19.2 Å². The number of piperidine rings is 1. The van der Waals surface area contributed by atoms with Gasteiger partial charge in [-0.2, -0.15) is 0 Å². The number of rotatable bonds is 4. The van der Waals surface area contributed by atoms with Crippen LogP contribution < -0.4 is 5.32 Å². The molecule has 154 valence electrons. The zero-order valence-electron chi connectivity index (χ0n) is 17.4. The Hall–Kier alpha value is -3.14. The van der Waals surface area contributed by atoms with Crippen LogP contribution in [0.5, 0.6) is 0 Å². The van der Waals surface area contributed by atoms with E-state index in [0.717, 1.165) is 30.7 Å². The minimum Gasteiger partial charge on any atom is -0.456 e. The monoisotopic (exact) mass is 407 g/mol. The molecule has 1 saturated heterocycles. The summed E-state index contributed by atoms with van der Waals surface area (Å²) in [5, 5.41) is 8.42. The molecular formula is C28H25NO2. The second-order valence-corrected chi connectivity index (χ2v) is 8.45. The van der Waals surface area contributed by atoms with Crippen LogP contribution in [0.25, 0.3) is 32.7 Å². The topological polar surface area (TPSA) is 34.4 Å². The van der Waals surface area contributed by atoms with Crippen molar-refractivity contribution in [3.8, 4) is 0 Å². The number of benzene rings is 4. The molecule has 0 saturated carbocycles. The third kappa shape index (κ3) is 3.40. The lowest BCUT2D eigenvalue weighted by atomic mass is 9.86. The van der Waals surface area contributed by atoms with E-state index in [0.29, 0.717) is 12.5 Å². The summed E-state index contributed by atoms with van der Waals surface area (Å²) in [7, 11) is 0. The minimum atomic E-state index is 0.110. The van der Waals surface area contributed by atoms with Crippen LogP contribution in [0.15, 0.2) is 89.3 Å². The lowest BCUT2D eigenvalue weighted by molar-refractivity contribution is 0.0108. The maximum atomic E-state index is 6.50. The molecule has 3 nitrogen and oxygen atoms in total. The molecule has 2 unspecified atom stereocenters. The first kappa shape index (κ1) is 18.6. The molecule has 0 amide bonds. The summed E-state index contributed by atoms with van der Waals surface area (Å²) < 4.78 is 12.8. The summed E-state index contributed by atoms with van der Waals surface area (Å²) in [6.45, 7) is 2.47. The molecule has 0 spiro atoms. The van der Waals surface area contributed by atoms with Crippen molar-refractivity contribution < 1.29 is 9.15 Å². The highest BCUT2D eigenvalue weighted by Gasteiger charge is 2.29. The first-order valence-electron chi connectivity index (χ1n) is 11.1. The molecule has 1 aliphatic rings. The third-order valence-electron chi connectivity index (χ3n) is 6.54. The van der Waals surface area contributed by atoms with Crippen LogP contribution in [0.1, 0.15) is 23.5 Å². The van der Waals surface area contributed by atoms with Crippen molar-refractivity contribution in [2.75, 3.05) is 13.1 Å². The predicted octanol–water partition coefficient (Wildman–Crippen LogP) is 6.40. The van der Waals surface area contributed by atoms with Gasteiger partial charge in [-0.15, -0.1) is 0 Å². The van der Waals surface area contributed by atoms with Crippen LogP contribution in [0, 0.1) is 0 Å². The summed E-state index contributed by atoms with van der Waals surface area (Å²) in [6.07, 6.45) is 1.15. The zero-order valence-corrected chi connectivity index (χ0v) is 17.4.